The van der Waals surface area contributed by atoms with Gasteiger partial charge in [0.1, 0.15) is 6.61 Å². The van der Waals surface area contributed by atoms with Crippen molar-refractivity contribution in [2.45, 2.75) is 13.0 Å². The van der Waals surface area contributed by atoms with E-state index < -0.39 is 12.3 Å². The predicted molar refractivity (Wildman–Crippen MR) is 79.8 cm³/mol. The van der Waals surface area contributed by atoms with E-state index in [1.807, 2.05) is 18.2 Å². The summed E-state index contributed by atoms with van der Waals surface area (Å²) in [5.41, 5.74) is 1.73. The molecule has 0 bridgehead atoms. The molecular formula is C15H10F2N6O2. The highest BCUT2D eigenvalue weighted by molar-refractivity contribution is 5.50. The van der Waals surface area contributed by atoms with Crippen molar-refractivity contribution in [3.8, 4) is 17.5 Å². The van der Waals surface area contributed by atoms with Gasteiger partial charge in [-0.15, -0.1) is 15.3 Å². The van der Waals surface area contributed by atoms with Gasteiger partial charge in [-0.05, 0) is 24.3 Å². The normalized spacial score (nSPS) is 11.3. The lowest BCUT2D eigenvalue weighted by Gasteiger charge is -2.03. The number of halogens is 2. The van der Waals surface area contributed by atoms with Crippen LogP contribution in [0.1, 0.15) is 18.0 Å². The van der Waals surface area contributed by atoms with Crippen LogP contribution in [-0.2, 0) is 6.61 Å². The Kier molecular flexibility index (Phi) is 3.77. The summed E-state index contributed by atoms with van der Waals surface area (Å²) in [6, 6.07) is 9.16. The quantitative estimate of drug-likeness (QED) is 0.549. The van der Waals surface area contributed by atoms with Crippen LogP contribution in [0.25, 0.3) is 17.1 Å². The van der Waals surface area contributed by atoms with Gasteiger partial charge in [0.2, 0.25) is 5.89 Å². The Morgan fingerprint density at radius 2 is 2.00 bits per heavy atom. The van der Waals surface area contributed by atoms with Crippen molar-refractivity contribution >= 4 is 5.65 Å². The second kappa shape index (κ2) is 6.23. The third-order valence-electron chi connectivity index (χ3n) is 3.33. The number of rotatable bonds is 5. The lowest BCUT2D eigenvalue weighted by Crippen LogP contribution is -2.01. The highest BCUT2D eigenvalue weighted by Crippen LogP contribution is 2.22. The van der Waals surface area contributed by atoms with Gasteiger partial charge in [-0.2, -0.15) is 8.78 Å². The fourth-order valence-corrected chi connectivity index (χ4v) is 2.13. The van der Waals surface area contributed by atoms with E-state index in [4.69, 9.17) is 9.15 Å². The van der Waals surface area contributed by atoms with E-state index in [2.05, 4.69) is 25.4 Å². The number of pyridine rings is 2. The number of hydrogen-bond donors (Lipinski definition) is 0. The van der Waals surface area contributed by atoms with E-state index in [1.165, 1.54) is 6.20 Å². The Hall–Kier alpha value is -3.43. The van der Waals surface area contributed by atoms with Crippen LogP contribution >= 0.6 is 0 Å². The van der Waals surface area contributed by atoms with E-state index in [0.29, 0.717) is 22.9 Å². The molecule has 0 aliphatic carbocycles. The molecule has 25 heavy (non-hydrogen) atoms. The molecule has 0 saturated carbocycles. The second-order valence-corrected chi connectivity index (χ2v) is 4.98. The number of ether oxygens (including phenoxy) is 1. The zero-order valence-electron chi connectivity index (χ0n) is 12.6. The van der Waals surface area contributed by atoms with Gasteiger partial charge < -0.3 is 9.15 Å². The lowest BCUT2D eigenvalue weighted by molar-refractivity contribution is 0.116. The molecule has 0 spiro atoms. The third-order valence-corrected chi connectivity index (χ3v) is 3.33. The van der Waals surface area contributed by atoms with Crippen LogP contribution in [-0.4, -0.2) is 29.8 Å². The number of alkyl halides is 2. The molecule has 0 aliphatic heterocycles. The molecule has 4 heterocycles. The summed E-state index contributed by atoms with van der Waals surface area (Å²) in [6.45, 7) is 0.169. The van der Waals surface area contributed by atoms with Crippen molar-refractivity contribution in [1.82, 2.24) is 29.8 Å². The first-order valence-corrected chi connectivity index (χ1v) is 7.20. The maximum atomic E-state index is 12.5. The average molecular weight is 344 g/mol. The Labute approximate surface area is 139 Å². The van der Waals surface area contributed by atoms with Crippen LogP contribution in [0, 0.1) is 0 Å². The molecule has 0 aliphatic rings. The van der Waals surface area contributed by atoms with Crippen LogP contribution in [0.4, 0.5) is 8.78 Å². The molecule has 10 heteroatoms. The standard InChI is InChI=1S/C15H10F2N6O2/c16-12(17)14-21-20-13(25-14)9-4-5-10(18-7-9)8-24-15-22-19-11-3-1-2-6-23(11)15/h1-7,12H,8H2. The maximum Gasteiger partial charge on any atom is 0.321 e. The lowest BCUT2D eigenvalue weighted by atomic mass is 10.2. The van der Waals surface area contributed by atoms with Gasteiger partial charge in [0.15, 0.2) is 5.65 Å². The molecule has 4 aromatic heterocycles. The fraction of sp³-hybridized carbons (Fsp3) is 0.133. The van der Waals surface area contributed by atoms with Crippen molar-refractivity contribution in [3.05, 3.63) is 54.3 Å². The molecule has 0 radical (unpaired) electrons. The first-order chi connectivity index (χ1) is 12.2. The predicted octanol–water partition coefficient (Wildman–Crippen LogP) is 2.69. The van der Waals surface area contributed by atoms with Crippen LogP contribution in [0.2, 0.25) is 0 Å². The molecule has 4 rings (SSSR count). The molecule has 0 amide bonds. The average Bonchev–Trinajstić information content (AvgIpc) is 3.28. The molecule has 0 atom stereocenters. The summed E-state index contributed by atoms with van der Waals surface area (Å²) in [4.78, 5) is 4.19. The van der Waals surface area contributed by atoms with Gasteiger partial charge in [-0.1, -0.05) is 11.2 Å². The van der Waals surface area contributed by atoms with E-state index in [9.17, 15) is 8.78 Å². The van der Waals surface area contributed by atoms with Gasteiger partial charge in [0, 0.05) is 12.4 Å². The summed E-state index contributed by atoms with van der Waals surface area (Å²) >= 11 is 0. The van der Waals surface area contributed by atoms with Crippen LogP contribution in [0.15, 0.2) is 47.1 Å². The molecular weight excluding hydrogens is 334 g/mol. The fourth-order valence-electron chi connectivity index (χ4n) is 2.13. The third kappa shape index (κ3) is 3.01. The first-order valence-electron chi connectivity index (χ1n) is 7.20. The number of fused-ring (bicyclic) bond motifs is 1. The van der Waals surface area contributed by atoms with Gasteiger partial charge in [-0.3, -0.25) is 9.38 Å². The number of hydrogen-bond acceptors (Lipinski definition) is 7. The van der Waals surface area contributed by atoms with Crippen molar-refractivity contribution in [3.63, 3.8) is 0 Å². The molecule has 0 N–H and O–H groups in total. The SMILES string of the molecule is FC(F)c1nnc(-c2ccc(COc3nnc4ccccn34)nc2)o1. The molecule has 0 saturated heterocycles. The number of nitrogens with zero attached hydrogens (tertiary/aromatic N) is 6. The van der Waals surface area contributed by atoms with Gasteiger partial charge >= 0.3 is 12.4 Å². The summed E-state index contributed by atoms with van der Waals surface area (Å²) in [5.74, 6) is -0.736. The van der Waals surface area contributed by atoms with Gasteiger partial charge in [0.05, 0.1) is 11.3 Å². The highest BCUT2D eigenvalue weighted by Gasteiger charge is 2.17. The van der Waals surface area contributed by atoms with Crippen LogP contribution in [0.3, 0.4) is 0 Å². The van der Waals surface area contributed by atoms with Crippen molar-refractivity contribution in [1.29, 1.82) is 0 Å². The smallest absolute Gasteiger partial charge is 0.321 e. The van der Waals surface area contributed by atoms with E-state index >= 15 is 0 Å². The Bertz CT molecular complexity index is 999. The van der Waals surface area contributed by atoms with Crippen LogP contribution in [0.5, 0.6) is 6.01 Å². The van der Waals surface area contributed by atoms with Crippen molar-refractivity contribution in [2.24, 2.45) is 0 Å². The minimum atomic E-state index is -2.81. The summed E-state index contributed by atoms with van der Waals surface area (Å²) in [5, 5.41) is 14.8. The summed E-state index contributed by atoms with van der Waals surface area (Å²) < 4.78 is 37.1. The zero-order valence-corrected chi connectivity index (χ0v) is 12.6. The highest BCUT2D eigenvalue weighted by atomic mass is 19.3. The topological polar surface area (TPSA) is 91.2 Å². The molecule has 0 aromatic carbocycles. The molecule has 8 nitrogen and oxygen atoms in total. The Morgan fingerprint density at radius 3 is 2.76 bits per heavy atom. The minimum absolute atomic E-state index is 0.0151. The minimum Gasteiger partial charge on any atom is -0.457 e. The van der Waals surface area contributed by atoms with Crippen molar-refractivity contribution < 1.29 is 17.9 Å². The molecule has 0 unspecified atom stereocenters. The Morgan fingerprint density at radius 1 is 1.08 bits per heavy atom. The largest absolute Gasteiger partial charge is 0.457 e. The maximum absolute atomic E-state index is 12.5. The van der Waals surface area contributed by atoms with Gasteiger partial charge in [0.25, 0.3) is 5.89 Å². The first kappa shape index (κ1) is 15.1. The monoisotopic (exact) mass is 344 g/mol. The summed E-state index contributed by atoms with van der Waals surface area (Å²) in [6.07, 6.45) is 0.431. The van der Waals surface area contributed by atoms with E-state index in [1.54, 1.807) is 22.7 Å². The molecule has 0 fully saturated rings. The van der Waals surface area contributed by atoms with Gasteiger partial charge in [-0.25, -0.2) is 0 Å². The van der Waals surface area contributed by atoms with Crippen LogP contribution < -0.4 is 4.74 Å². The zero-order chi connectivity index (χ0) is 17.2. The number of aromatic nitrogens is 6. The van der Waals surface area contributed by atoms with Crippen molar-refractivity contribution in [2.75, 3.05) is 0 Å². The van der Waals surface area contributed by atoms with E-state index in [0.717, 1.165) is 0 Å². The second-order valence-electron chi connectivity index (χ2n) is 4.98. The van der Waals surface area contributed by atoms with E-state index in [-0.39, 0.29) is 12.5 Å². The Balaban J connectivity index is 1.47. The molecule has 4 aromatic rings. The summed E-state index contributed by atoms with van der Waals surface area (Å²) in [7, 11) is 0. The molecule has 126 valence electrons.